The second-order valence-corrected chi connectivity index (χ2v) is 7.51. The van der Waals surface area contributed by atoms with E-state index in [9.17, 15) is 4.79 Å². The number of nitrogens with two attached hydrogens (primary N) is 1. The summed E-state index contributed by atoms with van der Waals surface area (Å²) in [5.74, 6) is 3.30. The molecule has 110 valence electrons. The molecule has 0 spiro atoms. The first-order valence-electron chi connectivity index (χ1n) is 7.00. The molecule has 0 radical (unpaired) electrons. The Balaban J connectivity index is 2.07. The van der Waals surface area contributed by atoms with E-state index in [1.54, 1.807) is 6.07 Å². The van der Waals surface area contributed by atoms with Gasteiger partial charge >= 0.3 is 0 Å². The fraction of sp³-hybridized carbons (Fsp3) is 0.600. The average Bonchev–Trinajstić information content (AvgIpc) is 2.87. The van der Waals surface area contributed by atoms with Gasteiger partial charge in [-0.2, -0.15) is 11.8 Å². The van der Waals surface area contributed by atoms with E-state index in [2.05, 4.69) is 31.1 Å². The van der Waals surface area contributed by atoms with Crippen LogP contribution in [-0.2, 0) is 5.41 Å². The van der Waals surface area contributed by atoms with Crippen LogP contribution in [0.4, 0.5) is 5.82 Å². The third-order valence-corrected chi connectivity index (χ3v) is 4.68. The van der Waals surface area contributed by atoms with Crippen molar-refractivity contribution in [3.05, 3.63) is 23.4 Å². The predicted molar refractivity (Wildman–Crippen MR) is 85.1 cm³/mol. The fourth-order valence-corrected chi connectivity index (χ4v) is 3.44. The molecule has 3 N–H and O–H groups in total. The molecule has 1 aromatic heterocycles. The van der Waals surface area contributed by atoms with Gasteiger partial charge in [0, 0.05) is 23.2 Å². The van der Waals surface area contributed by atoms with E-state index in [1.807, 2.05) is 17.8 Å². The number of thioether (sulfide) groups is 1. The van der Waals surface area contributed by atoms with Gasteiger partial charge in [0.25, 0.3) is 5.91 Å². The highest BCUT2D eigenvalue weighted by Gasteiger charge is 2.20. The lowest BCUT2D eigenvalue weighted by Gasteiger charge is -2.19. The largest absolute Gasteiger partial charge is 0.384 e. The van der Waals surface area contributed by atoms with Gasteiger partial charge in [-0.1, -0.05) is 20.8 Å². The van der Waals surface area contributed by atoms with Gasteiger partial charge in [0.2, 0.25) is 0 Å². The molecule has 1 amide bonds. The molecule has 1 saturated heterocycles. The van der Waals surface area contributed by atoms with Crippen LogP contribution < -0.4 is 11.1 Å². The Kier molecular flexibility index (Phi) is 4.58. The van der Waals surface area contributed by atoms with E-state index < -0.39 is 0 Å². The van der Waals surface area contributed by atoms with Crippen molar-refractivity contribution in [2.24, 2.45) is 5.92 Å². The number of hydrogen-bond acceptors (Lipinski definition) is 4. The fourth-order valence-electron chi connectivity index (χ4n) is 2.15. The lowest BCUT2D eigenvalue weighted by molar-refractivity contribution is 0.0948. The van der Waals surface area contributed by atoms with Gasteiger partial charge in [-0.15, -0.1) is 0 Å². The Bertz CT molecular complexity index is 490. The number of hydrogen-bond donors (Lipinski definition) is 2. The Hall–Kier alpha value is -1.23. The average molecular weight is 293 g/mol. The quantitative estimate of drug-likeness (QED) is 0.898. The summed E-state index contributed by atoms with van der Waals surface area (Å²) in [5.41, 5.74) is 7.15. The van der Waals surface area contributed by atoms with Crippen LogP contribution in [-0.4, -0.2) is 28.9 Å². The smallest absolute Gasteiger partial charge is 0.251 e. The van der Waals surface area contributed by atoms with Crippen molar-refractivity contribution in [1.29, 1.82) is 0 Å². The van der Waals surface area contributed by atoms with Crippen LogP contribution in [0, 0.1) is 5.92 Å². The maximum atomic E-state index is 12.2. The first-order valence-corrected chi connectivity index (χ1v) is 8.16. The molecule has 1 aliphatic heterocycles. The second kappa shape index (κ2) is 6.04. The summed E-state index contributed by atoms with van der Waals surface area (Å²) >= 11 is 1.96. The zero-order chi connectivity index (χ0) is 14.8. The number of carbonyl (C=O) groups excluding carboxylic acids is 1. The van der Waals surface area contributed by atoms with E-state index in [-0.39, 0.29) is 11.3 Å². The normalized spacial score (nSPS) is 19.1. The Morgan fingerprint density at radius 3 is 2.85 bits per heavy atom. The molecular weight excluding hydrogens is 270 g/mol. The lowest BCUT2D eigenvalue weighted by Crippen LogP contribution is -2.30. The van der Waals surface area contributed by atoms with Crippen molar-refractivity contribution >= 4 is 23.5 Å². The van der Waals surface area contributed by atoms with Crippen LogP contribution >= 0.6 is 11.8 Å². The van der Waals surface area contributed by atoms with Crippen LogP contribution in [0.1, 0.15) is 43.2 Å². The zero-order valence-electron chi connectivity index (χ0n) is 12.4. The van der Waals surface area contributed by atoms with Crippen LogP contribution in [0.3, 0.4) is 0 Å². The van der Waals surface area contributed by atoms with Gasteiger partial charge in [-0.25, -0.2) is 4.98 Å². The monoisotopic (exact) mass is 293 g/mol. The molecule has 1 fully saturated rings. The minimum Gasteiger partial charge on any atom is -0.384 e. The van der Waals surface area contributed by atoms with Crippen molar-refractivity contribution in [2.75, 3.05) is 23.8 Å². The van der Waals surface area contributed by atoms with Gasteiger partial charge in [-0.05, 0) is 36.0 Å². The molecule has 1 aliphatic rings. The summed E-state index contributed by atoms with van der Waals surface area (Å²) in [6.07, 6.45) is 1.19. The van der Waals surface area contributed by atoms with Gasteiger partial charge < -0.3 is 11.1 Å². The number of pyridine rings is 1. The lowest BCUT2D eigenvalue weighted by atomic mass is 9.90. The van der Waals surface area contributed by atoms with E-state index in [1.165, 1.54) is 12.2 Å². The summed E-state index contributed by atoms with van der Waals surface area (Å²) in [5, 5.41) is 3.01. The molecule has 0 saturated carbocycles. The standard InChI is InChI=1S/C15H23N3OS/c1-15(2,3)12-6-11(7-13(16)18-12)14(19)17-8-10-4-5-20-9-10/h6-7,10H,4-5,8-9H2,1-3H3,(H2,16,18)(H,17,19). The number of nitrogen functional groups attached to an aromatic ring is 1. The Morgan fingerprint density at radius 2 is 2.25 bits per heavy atom. The van der Waals surface area contributed by atoms with Gasteiger partial charge in [0.1, 0.15) is 5.82 Å². The number of anilines is 1. The first kappa shape index (κ1) is 15.2. The molecule has 0 aliphatic carbocycles. The highest BCUT2D eigenvalue weighted by atomic mass is 32.2. The summed E-state index contributed by atoms with van der Waals surface area (Å²) in [6, 6.07) is 3.49. The molecule has 1 unspecified atom stereocenters. The highest BCUT2D eigenvalue weighted by molar-refractivity contribution is 7.99. The van der Waals surface area contributed by atoms with Crippen LogP contribution in [0.2, 0.25) is 0 Å². The van der Waals surface area contributed by atoms with Crippen molar-refractivity contribution in [1.82, 2.24) is 10.3 Å². The molecule has 0 bridgehead atoms. The van der Waals surface area contributed by atoms with Gasteiger partial charge in [0.15, 0.2) is 0 Å². The van der Waals surface area contributed by atoms with Crippen molar-refractivity contribution < 1.29 is 4.79 Å². The van der Waals surface area contributed by atoms with Crippen LogP contribution in [0.5, 0.6) is 0 Å². The molecule has 5 heteroatoms. The van der Waals surface area contributed by atoms with Crippen molar-refractivity contribution in [2.45, 2.75) is 32.6 Å². The molecule has 1 aromatic rings. The molecule has 4 nitrogen and oxygen atoms in total. The van der Waals surface area contributed by atoms with Gasteiger partial charge in [-0.3, -0.25) is 4.79 Å². The minimum atomic E-state index is -0.119. The third kappa shape index (κ3) is 3.88. The molecule has 2 heterocycles. The number of amides is 1. The zero-order valence-corrected chi connectivity index (χ0v) is 13.2. The van der Waals surface area contributed by atoms with E-state index in [0.29, 0.717) is 17.3 Å². The summed E-state index contributed by atoms with van der Waals surface area (Å²) in [4.78, 5) is 16.6. The molecule has 1 atom stereocenters. The number of nitrogens with zero attached hydrogens (tertiary/aromatic N) is 1. The summed E-state index contributed by atoms with van der Waals surface area (Å²) < 4.78 is 0. The first-order chi connectivity index (χ1) is 9.36. The summed E-state index contributed by atoms with van der Waals surface area (Å²) in [7, 11) is 0. The van der Waals surface area contributed by atoms with E-state index >= 15 is 0 Å². The third-order valence-electron chi connectivity index (χ3n) is 3.45. The number of carbonyl (C=O) groups is 1. The predicted octanol–water partition coefficient (Wildman–Crippen LogP) is 2.44. The van der Waals surface area contributed by atoms with E-state index in [4.69, 9.17) is 5.73 Å². The van der Waals surface area contributed by atoms with Crippen molar-refractivity contribution in [3.63, 3.8) is 0 Å². The molecular formula is C15H23N3OS. The molecule has 2 rings (SSSR count). The van der Waals surface area contributed by atoms with Crippen molar-refractivity contribution in [3.8, 4) is 0 Å². The van der Waals surface area contributed by atoms with E-state index in [0.717, 1.165) is 18.0 Å². The van der Waals surface area contributed by atoms with Gasteiger partial charge in [0.05, 0.1) is 0 Å². The Morgan fingerprint density at radius 1 is 1.50 bits per heavy atom. The number of aromatic nitrogens is 1. The number of rotatable bonds is 3. The SMILES string of the molecule is CC(C)(C)c1cc(C(=O)NCC2CCSC2)cc(N)n1. The minimum absolute atomic E-state index is 0.0542. The topological polar surface area (TPSA) is 68.0 Å². The molecule has 0 aromatic carbocycles. The molecule has 20 heavy (non-hydrogen) atoms. The Labute approximate surface area is 124 Å². The maximum absolute atomic E-state index is 12.2. The summed E-state index contributed by atoms with van der Waals surface area (Å²) in [6.45, 7) is 6.93. The van der Waals surface area contributed by atoms with Crippen LogP contribution in [0.25, 0.3) is 0 Å². The highest BCUT2D eigenvalue weighted by Crippen LogP contribution is 2.24. The number of nitrogens with one attached hydrogen (secondary N) is 1. The van der Waals surface area contributed by atoms with Crippen LogP contribution in [0.15, 0.2) is 12.1 Å². The second-order valence-electron chi connectivity index (χ2n) is 6.36. The maximum Gasteiger partial charge on any atom is 0.251 e.